The largest absolute Gasteiger partial charge is 0.424 e. The number of benzene rings is 1. The van der Waals surface area contributed by atoms with E-state index in [9.17, 15) is 9.90 Å². The minimum Gasteiger partial charge on any atom is -0.424 e. The third kappa shape index (κ3) is 2.23. The van der Waals surface area contributed by atoms with E-state index in [1.54, 1.807) is 15.5 Å². The Morgan fingerprint density at radius 2 is 2.04 bits per heavy atom. The summed E-state index contributed by atoms with van der Waals surface area (Å²) in [6.45, 7) is 0.714. The lowest BCUT2D eigenvalue weighted by Gasteiger charge is -2.35. The predicted octanol–water partition coefficient (Wildman–Crippen LogP) is 1.54. The molecule has 3 aromatic heterocycles. The van der Waals surface area contributed by atoms with E-state index in [1.165, 1.54) is 0 Å². The molecule has 0 spiro atoms. The molecule has 0 atom stereocenters. The Hall–Kier alpha value is -3.39. The summed E-state index contributed by atoms with van der Waals surface area (Å²) in [7, 11) is 0. The molecule has 1 aliphatic heterocycles. The van der Waals surface area contributed by atoms with Crippen LogP contribution in [0.1, 0.15) is 10.5 Å². The molecule has 4 heterocycles. The molecule has 0 bridgehead atoms. The number of rotatable bonds is 2. The third-order valence-electron chi connectivity index (χ3n) is 4.61. The van der Waals surface area contributed by atoms with Gasteiger partial charge in [0.25, 0.3) is 11.9 Å². The minimum absolute atomic E-state index is 0.131. The van der Waals surface area contributed by atoms with Gasteiger partial charge in [-0.25, -0.2) is 4.98 Å². The van der Waals surface area contributed by atoms with Crippen LogP contribution in [0.5, 0.6) is 0 Å². The molecule has 0 radical (unpaired) electrons. The molecule has 3 N–H and O–H groups in total. The summed E-state index contributed by atoms with van der Waals surface area (Å²) in [5.41, 5.74) is 9.91. The van der Waals surface area contributed by atoms with E-state index < -0.39 is 6.10 Å². The number of pyridine rings is 1. The van der Waals surface area contributed by atoms with Gasteiger partial charge in [-0.05, 0) is 35.4 Å². The predicted molar refractivity (Wildman–Crippen MR) is 94.5 cm³/mol. The van der Waals surface area contributed by atoms with Gasteiger partial charge in [0.1, 0.15) is 16.9 Å². The lowest BCUT2D eigenvalue weighted by molar-refractivity contribution is 0.00543. The monoisotopic (exact) mass is 349 g/mol. The highest BCUT2D eigenvalue weighted by Crippen LogP contribution is 2.26. The van der Waals surface area contributed by atoms with Gasteiger partial charge in [-0.2, -0.15) is 4.98 Å². The van der Waals surface area contributed by atoms with Crippen LogP contribution in [0.25, 0.3) is 27.9 Å². The molecule has 1 amide bonds. The van der Waals surface area contributed by atoms with Gasteiger partial charge >= 0.3 is 0 Å². The second kappa shape index (κ2) is 5.30. The standard InChI is InChI=1S/C18H15N5O3/c19-18-21-13-5-10(1-3-15(13)26-18)11-2-4-16-20-6-14(23(16)7-11)17(25)22-8-12(24)9-22/h1-7,12,24H,8-9H2,(H2,19,21). The van der Waals surface area contributed by atoms with Gasteiger partial charge in [0, 0.05) is 19.3 Å². The van der Waals surface area contributed by atoms with Crippen molar-refractivity contribution in [3.63, 3.8) is 0 Å². The second-order valence-electron chi connectivity index (χ2n) is 6.39. The number of aromatic nitrogens is 3. The molecule has 0 unspecified atom stereocenters. The zero-order valence-corrected chi connectivity index (χ0v) is 13.7. The Morgan fingerprint density at radius 1 is 1.23 bits per heavy atom. The maximum absolute atomic E-state index is 12.6. The van der Waals surface area contributed by atoms with Crippen LogP contribution in [0.2, 0.25) is 0 Å². The lowest BCUT2D eigenvalue weighted by Crippen LogP contribution is -2.53. The Kier molecular flexibility index (Phi) is 3.04. The van der Waals surface area contributed by atoms with Crippen LogP contribution in [0, 0.1) is 0 Å². The number of amides is 1. The molecule has 0 aliphatic carbocycles. The van der Waals surface area contributed by atoms with Gasteiger partial charge in [0.05, 0.1) is 12.3 Å². The van der Waals surface area contributed by atoms with Gasteiger partial charge in [-0.15, -0.1) is 0 Å². The molecule has 1 aliphatic rings. The first-order chi connectivity index (χ1) is 12.6. The number of nitrogens with zero attached hydrogens (tertiary/aromatic N) is 4. The first kappa shape index (κ1) is 14.9. The van der Waals surface area contributed by atoms with Crippen LogP contribution >= 0.6 is 0 Å². The zero-order valence-electron chi connectivity index (χ0n) is 13.7. The van der Waals surface area contributed by atoms with Gasteiger partial charge in [0.15, 0.2) is 5.58 Å². The molecule has 130 valence electrons. The number of imidazole rings is 1. The molecule has 4 aromatic rings. The van der Waals surface area contributed by atoms with E-state index in [2.05, 4.69) is 9.97 Å². The summed E-state index contributed by atoms with van der Waals surface area (Å²) in [6, 6.07) is 9.55. The van der Waals surface area contributed by atoms with Crippen LogP contribution in [0.15, 0.2) is 47.1 Å². The maximum Gasteiger partial charge on any atom is 0.292 e. The van der Waals surface area contributed by atoms with E-state index in [0.29, 0.717) is 35.5 Å². The quantitative estimate of drug-likeness (QED) is 0.568. The highest BCUT2D eigenvalue weighted by Gasteiger charge is 2.31. The number of nitrogens with two attached hydrogens (primary N) is 1. The Balaban J connectivity index is 1.57. The van der Waals surface area contributed by atoms with Crippen LogP contribution < -0.4 is 5.73 Å². The minimum atomic E-state index is -0.435. The van der Waals surface area contributed by atoms with Crippen molar-refractivity contribution in [3.8, 4) is 11.1 Å². The number of anilines is 1. The zero-order chi connectivity index (χ0) is 17.8. The normalized spacial score (nSPS) is 14.9. The van der Waals surface area contributed by atoms with Gasteiger partial charge < -0.3 is 20.2 Å². The number of likely N-dealkylation sites (tertiary alicyclic amines) is 1. The number of hydrogen-bond donors (Lipinski definition) is 2. The van der Waals surface area contributed by atoms with E-state index >= 15 is 0 Å². The summed E-state index contributed by atoms with van der Waals surface area (Å²) >= 11 is 0. The van der Waals surface area contributed by atoms with Crippen LogP contribution in [0.3, 0.4) is 0 Å². The number of aliphatic hydroxyl groups excluding tert-OH is 1. The van der Waals surface area contributed by atoms with E-state index in [4.69, 9.17) is 10.2 Å². The highest BCUT2D eigenvalue weighted by molar-refractivity contribution is 5.94. The Bertz CT molecular complexity index is 1160. The molecular formula is C18H15N5O3. The number of carbonyl (C=O) groups is 1. The summed E-state index contributed by atoms with van der Waals surface area (Å²) < 4.78 is 7.07. The molecule has 0 saturated carbocycles. The summed E-state index contributed by atoms with van der Waals surface area (Å²) in [5, 5.41) is 9.42. The van der Waals surface area contributed by atoms with Crippen LogP contribution in [0.4, 0.5) is 6.01 Å². The van der Waals surface area contributed by atoms with Gasteiger partial charge in [-0.1, -0.05) is 6.07 Å². The first-order valence-electron chi connectivity index (χ1n) is 8.19. The van der Waals surface area contributed by atoms with E-state index in [-0.39, 0.29) is 11.9 Å². The molecule has 1 fully saturated rings. The van der Waals surface area contributed by atoms with Gasteiger partial charge in [0.2, 0.25) is 0 Å². The Labute approximate surface area is 147 Å². The number of fused-ring (bicyclic) bond motifs is 2. The number of hydrogen-bond acceptors (Lipinski definition) is 6. The van der Waals surface area contributed by atoms with Gasteiger partial charge in [-0.3, -0.25) is 9.20 Å². The van der Waals surface area contributed by atoms with E-state index in [1.807, 2.05) is 36.5 Å². The van der Waals surface area contributed by atoms with Crippen molar-refractivity contribution in [1.82, 2.24) is 19.3 Å². The summed E-state index contributed by atoms with van der Waals surface area (Å²) in [5.74, 6) is -0.139. The van der Waals surface area contributed by atoms with E-state index in [0.717, 1.165) is 11.1 Å². The van der Waals surface area contributed by atoms with Crippen molar-refractivity contribution in [2.45, 2.75) is 6.10 Å². The molecule has 26 heavy (non-hydrogen) atoms. The number of nitrogen functional groups attached to an aromatic ring is 1. The number of oxazole rings is 1. The van der Waals surface area contributed by atoms with Crippen molar-refractivity contribution >= 4 is 28.7 Å². The average Bonchev–Trinajstić information content (AvgIpc) is 3.19. The molecule has 5 rings (SSSR count). The molecule has 8 heteroatoms. The van der Waals surface area contributed by atoms with Crippen molar-refractivity contribution in [2.75, 3.05) is 18.8 Å². The summed E-state index contributed by atoms with van der Waals surface area (Å²) in [4.78, 5) is 22.6. The highest BCUT2D eigenvalue weighted by atomic mass is 16.4. The average molecular weight is 349 g/mol. The van der Waals surface area contributed by atoms with Crippen LogP contribution in [-0.4, -0.2) is 49.5 Å². The topological polar surface area (TPSA) is 110 Å². The number of aliphatic hydroxyl groups is 1. The number of carbonyl (C=O) groups excluding carboxylic acids is 1. The molecule has 1 saturated heterocycles. The molecular weight excluding hydrogens is 334 g/mol. The number of β-amino-alcohol motifs (C(OH)–C–C–N with tert-alkyl or cyclic N) is 1. The van der Waals surface area contributed by atoms with Crippen molar-refractivity contribution < 1.29 is 14.3 Å². The smallest absolute Gasteiger partial charge is 0.292 e. The summed E-state index contributed by atoms with van der Waals surface area (Å²) in [6.07, 6.45) is 3.00. The maximum atomic E-state index is 12.6. The molecule has 1 aromatic carbocycles. The Morgan fingerprint density at radius 3 is 2.85 bits per heavy atom. The third-order valence-corrected chi connectivity index (χ3v) is 4.61. The SMILES string of the molecule is Nc1nc2cc(-c3ccc4ncc(C(=O)N5CC(O)C5)n4c3)ccc2o1. The van der Waals surface area contributed by atoms with Crippen molar-refractivity contribution in [2.24, 2.45) is 0 Å². The molecule has 8 nitrogen and oxygen atoms in total. The fourth-order valence-corrected chi connectivity index (χ4v) is 3.22. The van der Waals surface area contributed by atoms with Crippen LogP contribution in [-0.2, 0) is 0 Å². The lowest BCUT2D eigenvalue weighted by atomic mass is 10.1. The second-order valence-corrected chi connectivity index (χ2v) is 6.39. The van der Waals surface area contributed by atoms with Crippen molar-refractivity contribution in [1.29, 1.82) is 0 Å². The fourth-order valence-electron chi connectivity index (χ4n) is 3.22. The first-order valence-corrected chi connectivity index (χ1v) is 8.19. The van der Waals surface area contributed by atoms with Crippen molar-refractivity contribution in [3.05, 3.63) is 48.4 Å². The fraction of sp³-hybridized carbons (Fsp3) is 0.167.